The van der Waals surface area contributed by atoms with Gasteiger partial charge in [-0.2, -0.15) is 0 Å². The Bertz CT molecular complexity index is 954. The minimum atomic E-state index is -0.716. The molecule has 1 heterocycles. The fourth-order valence-electron chi connectivity index (χ4n) is 2.87. The van der Waals surface area contributed by atoms with Gasteiger partial charge in [0.1, 0.15) is 0 Å². The third-order valence-corrected chi connectivity index (χ3v) is 4.49. The first-order valence-corrected chi connectivity index (χ1v) is 8.85. The molecule has 7 nitrogen and oxygen atoms in total. The number of esters is 1. The minimum absolute atomic E-state index is 0.0102. The highest BCUT2D eigenvalue weighted by atomic mass is 19.1. The van der Waals surface area contributed by atoms with Crippen molar-refractivity contribution in [2.24, 2.45) is 0 Å². The van der Waals surface area contributed by atoms with Crippen LogP contribution in [0.3, 0.4) is 0 Å². The van der Waals surface area contributed by atoms with Gasteiger partial charge in [0.05, 0.1) is 19.2 Å². The van der Waals surface area contributed by atoms with Gasteiger partial charge in [0, 0.05) is 18.4 Å². The van der Waals surface area contributed by atoms with Gasteiger partial charge in [0.15, 0.2) is 24.0 Å². The first-order valence-electron chi connectivity index (χ1n) is 8.85. The lowest BCUT2D eigenvalue weighted by atomic mass is 10.1. The van der Waals surface area contributed by atoms with Crippen LogP contribution >= 0.6 is 0 Å². The zero-order valence-corrected chi connectivity index (χ0v) is 15.6. The Labute approximate surface area is 166 Å². The molecule has 0 saturated carbocycles. The standard InChI is InChI=1S/C21H18FNO6/c1-28-18-7-6-15(10-16(18)22)17(24)12-29-21(27)14-4-2-13(3-5-14)11-23-19(25)8-9-20(23)26/h2-7,10H,8-9,11-12H2,1H3. The molecule has 0 spiro atoms. The lowest BCUT2D eigenvalue weighted by molar-refractivity contribution is -0.139. The van der Waals surface area contributed by atoms with Crippen LogP contribution in [0.5, 0.6) is 5.75 Å². The molecule has 8 heteroatoms. The summed E-state index contributed by atoms with van der Waals surface area (Å²) in [5, 5.41) is 0. The highest BCUT2D eigenvalue weighted by molar-refractivity contribution is 6.02. The number of carbonyl (C=O) groups excluding carboxylic acids is 4. The van der Waals surface area contributed by atoms with E-state index in [1.165, 1.54) is 36.3 Å². The van der Waals surface area contributed by atoms with E-state index in [4.69, 9.17) is 9.47 Å². The van der Waals surface area contributed by atoms with Crippen LogP contribution < -0.4 is 4.74 Å². The maximum absolute atomic E-state index is 13.7. The molecule has 29 heavy (non-hydrogen) atoms. The monoisotopic (exact) mass is 399 g/mol. The number of benzene rings is 2. The number of imide groups is 1. The summed E-state index contributed by atoms with van der Waals surface area (Å²) in [6.07, 6.45) is 0.435. The van der Waals surface area contributed by atoms with Gasteiger partial charge in [0.2, 0.25) is 11.8 Å². The van der Waals surface area contributed by atoms with Crippen LogP contribution in [-0.4, -0.2) is 42.2 Å². The van der Waals surface area contributed by atoms with Gasteiger partial charge in [-0.1, -0.05) is 12.1 Å². The summed E-state index contributed by atoms with van der Waals surface area (Å²) in [4.78, 5) is 48.7. The Hall–Kier alpha value is -3.55. The normalized spacial score (nSPS) is 13.5. The van der Waals surface area contributed by atoms with E-state index < -0.39 is 24.2 Å². The number of carbonyl (C=O) groups is 4. The van der Waals surface area contributed by atoms with Crippen LogP contribution in [0.25, 0.3) is 0 Å². The maximum atomic E-state index is 13.7. The van der Waals surface area contributed by atoms with E-state index in [9.17, 15) is 23.6 Å². The van der Waals surface area contributed by atoms with E-state index >= 15 is 0 Å². The summed E-state index contributed by atoms with van der Waals surface area (Å²) >= 11 is 0. The highest BCUT2D eigenvalue weighted by Gasteiger charge is 2.28. The van der Waals surface area contributed by atoms with Crippen LogP contribution in [0.2, 0.25) is 0 Å². The lowest BCUT2D eigenvalue weighted by Crippen LogP contribution is -2.28. The van der Waals surface area contributed by atoms with Crippen molar-refractivity contribution in [2.45, 2.75) is 19.4 Å². The average Bonchev–Trinajstić information content (AvgIpc) is 3.04. The molecule has 1 fully saturated rings. The second-order valence-electron chi connectivity index (χ2n) is 6.42. The van der Waals surface area contributed by atoms with E-state index in [-0.39, 0.29) is 48.1 Å². The Morgan fingerprint density at radius 2 is 1.62 bits per heavy atom. The molecule has 0 radical (unpaired) electrons. The quantitative estimate of drug-likeness (QED) is 0.404. The third kappa shape index (κ3) is 4.66. The second kappa shape index (κ2) is 8.64. The molecule has 0 aliphatic carbocycles. The molecule has 2 amide bonds. The Balaban J connectivity index is 1.56. The van der Waals surface area contributed by atoms with Crippen LogP contribution in [0.4, 0.5) is 4.39 Å². The topological polar surface area (TPSA) is 90.0 Å². The van der Waals surface area contributed by atoms with Gasteiger partial charge < -0.3 is 9.47 Å². The summed E-state index contributed by atoms with van der Waals surface area (Å²) in [6, 6.07) is 9.91. The molecule has 0 atom stereocenters. The zero-order chi connectivity index (χ0) is 21.0. The molecule has 3 rings (SSSR count). The molecule has 1 aliphatic heterocycles. The van der Waals surface area contributed by atoms with E-state index in [0.29, 0.717) is 5.56 Å². The van der Waals surface area contributed by atoms with Crippen LogP contribution in [0, 0.1) is 5.82 Å². The minimum Gasteiger partial charge on any atom is -0.494 e. The molecular formula is C21H18FNO6. The SMILES string of the molecule is COc1ccc(C(=O)COC(=O)c2ccc(CN3C(=O)CCC3=O)cc2)cc1F. The summed E-state index contributed by atoms with van der Waals surface area (Å²) in [7, 11) is 1.31. The Kier molecular flexibility index (Phi) is 6.01. The number of amides is 2. The van der Waals surface area contributed by atoms with Crippen molar-refractivity contribution in [3.8, 4) is 5.75 Å². The van der Waals surface area contributed by atoms with Crippen molar-refractivity contribution in [2.75, 3.05) is 13.7 Å². The number of methoxy groups -OCH3 is 1. The largest absolute Gasteiger partial charge is 0.494 e. The van der Waals surface area contributed by atoms with E-state index in [1.807, 2.05) is 0 Å². The smallest absolute Gasteiger partial charge is 0.338 e. The molecule has 150 valence electrons. The first-order chi connectivity index (χ1) is 13.9. The molecule has 1 saturated heterocycles. The number of hydrogen-bond donors (Lipinski definition) is 0. The van der Waals surface area contributed by atoms with Gasteiger partial charge in [-0.15, -0.1) is 0 Å². The van der Waals surface area contributed by atoms with E-state index in [1.54, 1.807) is 12.1 Å². The van der Waals surface area contributed by atoms with E-state index in [2.05, 4.69) is 0 Å². The summed E-state index contributed by atoms with van der Waals surface area (Å²) in [6.45, 7) is -0.391. The molecule has 2 aromatic rings. The maximum Gasteiger partial charge on any atom is 0.338 e. The summed E-state index contributed by atoms with van der Waals surface area (Å²) < 4.78 is 23.5. The van der Waals surface area contributed by atoms with Gasteiger partial charge in [-0.25, -0.2) is 9.18 Å². The number of hydrogen-bond acceptors (Lipinski definition) is 6. The number of likely N-dealkylation sites (tertiary alicyclic amines) is 1. The molecule has 1 aliphatic rings. The van der Waals surface area contributed by atoms with E-state index in [0.717, 1.165) is 6.07 Å². The van der Waals surface area contributed by atoms with Crippen molar-refractivity contribution in [1.29, 1.82) is 0 Å². The lowest BCUT2D eigenvalue weighted by Gasteiger charge is -2.13. The second-order valence-corrected chi connectivity index (χ2v) is 6.42. The molecule has 2 aromatic carbocycles. The first kappa shape index (κ1) is 20.2. The number of nitrogens with zero attached hydrogens (tertiary/aromatic N) is 1. The number of Topliss-reactive ketones (excluding diaryl/α,β-unsaturated/α-hetero) is 1. The fourth-order valence-corrected chi connectivity index (χ4v) is 2.87. The number of ether oxygens (including phenoxy) is 2. The molecule has 0 bridgehead atoms. The average molecular weight is 399 g/mol. The number of ketones is 1. The predicted molar refractivity (Wildman–Crippen MR) is 98.8 cm³/mol. The number of rotatable bonds is 7. The van der Waals surface area contributed by atoms with Gasteiger partial charge in [-0.05, 0) is 35.9 Å². The predicted octanol–water partition coefficient (Wildman–Crippen LogP) is 2.52. The third-order valence-electron chi connectivity index (χ3n) is 4.49. The van der Waals surface area contributed by atoms with Crippen molar-refractivity contribution >= 4 is 23.6 Å². The van der Waals surface area contributed by atoms with Crippen molar-refractivity contribution in [1.82, 2.24) is 4.90 Å². The van der Waals surface area contributed by atoms with Crippen LogP contribution in [0.1, 0.15) is 39.1 Å². The van der Waals surface area contributed by atoms with Crippen molar-refractivity contribution in [3.05, 3.63) is 65.0 Å². The summed E-state index contributed by atoms with van der Waals surface area (Å²) in [5.74, 6) is -2.38. The van der Waals surface area contributed by atoms with Gasteiger partial charge in [0.25, 0.3) is 0 Å². The summed E-state index contributed by atoms with van der Waals surface area (Å²) in [5.41, 5.74) is 0.961. The Morgan fingerprint density at radius 1 is 1.00 bits per heavy atom. The molecular weight excluding hydrogens is 381 g/mol. The highest BCUT2D eigenvalue weighted by Crippen LogP contribution is 2.19. The van der Waals surface area contributed by atoms with Crippen molar-refractivity contribution < 1.29 is 33.0 Å². The fraction of sp³-hybridized carbons (Fsp3) is 0.238. The van der Waals surface area contributed by atoms with Gasteiger partial charge >= 0.3 is 5.97 Å². The van der Waals surface area contributed by atoms with Crippen LogP contribution in [0.15, 0.2) is 42.5 Å². The van der Waals surface area contributed by atoms with Gasteiger partial charge in [-0.3, -0.25) is 19.3 Å². The molecule has 0 N–H and O–H groups in total. The molecule has 0 unspecified atom stereocenters. The zero-order valence-electron chi connectivity index (χ0n) is 15.6. The Morgan fingerprint density at radius 3 is 2.21 bits per heavy atom. The van der Waals surface area contributed by atoms with Crippen LogP contribution in [-0.2, 0) is 20.9 Å². The van der Waals surface area contributed by atoms with Crippen molar-refractivity contribution in [3.63, 3.8) is 0 Å². The number of halogens is 1. The molecule has 0 aromatic heterocycles.